The van der Waals surface area contributed by atoms with E-state index < -0.39 is 4.92 Å². The first-order valence-corrected chi connectivity index (χ1v) is 7.83. The molecule has 0 unspecified atom stereocenters. The SMILES string of the molecule is Cc1cccc(C(=O)N2C[C@@H](N)[C@H](c3ccccc3)C2)c1[N+](=O)[O-].Cl. The van der Waals surface area contributed by atoms with Crippen LogP contribution >= 0.6 is 12.4 Å². The van der Waals surface area contributed by atoms with Crippen molar-refractivity contribution in [1.29, 1.82) is 0 Å². The zero-order chi connectivity index (χ0) is 17.3. The van der Waals surface area contributed by atoms with Crippen molar-refractivity contribution >= 4 is 24.0 Å². The third kappa shape index (κ3) is 3.65. The topological polar surface area (TPSA) is 89.5 Å². The summed E-state index contributed by atoms with van der Waals surface area (Å²) in [6, 6.07) is 14.4. The average molecular weight is 362 g/mol. The van der Waals surface area contributed by atoms with Crippen LogP contribution in [0.3, 0.4) is 0 Å². The minimum absolute atomic E-state index is 0. The molecule has 6 nitrogen and oxygen atoms in total. The van der Waals surface area contributed by atoms with Gasteiger partial charge in [0.1, 0.15) is 5.56 Å². The van der Waals surface area contributed by atoms with Crippen LogP contribution in [-0.2, 0) is 0 Å². The van der Waals surface area contributed by atoms with E-state index in [0.717, 1.165) is 5.56 Å². The number of rotatable bonds is 3. The lowest BCUT2D eigenvalue weighted by atomic mass is 9.95. The van der Waals surface area contributed by atoms with Crippen LogP contribution in [0, 0.1) is 17.0 Å². The van der Waals surface area contributed by atoms with E-state index in [1.54, 1.807) is 24.0 Å². The molecule has 25 heavy (non-hydrogen) atoms. The largest absolute Gasteiger partial charge is 0.336 e. The number of nitro benzene ring substituents is 1. The molecule has 0 radical (unpaired) electrons. The monoisotopic (exact) mass is 361 g/mol. The van der Waals surface area contributed by atoms with E-state index in [1.165, 1.54) is 6.07 Å². The van der Waals surface area contributed by atoms with Crippen LogP contribution in [-0.4, -0.2) is 34.9 Å². The number of benzene rings is 2. The van der Waals surface area contributed by atoms with Crippen LogP contribution in [0.1, 0.15) is 27.4 Å². The third-order valence-corrected chi connectivity index (χ3v) is 4.53. The molecule has 2 aromatic rings. The highest BCUT2D eigenvalue weighted by atomic mass is 35.5. The van der Waals surface area contributed by atoms with E-state index >= 15 is 0 Å². The van der Waals surface area contributed by atoms with Gasteiger partial charge in [0.05, 0.1) is 4.92 Å². The lowest BCUT2D eigenvalue weighted by Crippen LogP contribution is -2.32. The molecular formula is C18H20ClN3O3. The Kier molecular flexibility index (Phi) is 5.77. The Morgan fingerprint density at radius 2 is 1.84 bits per heavy atom. The second-order valence-corrected chi connectivity index (χ2v) is 6.12. The third-order valence-electron chi connectivity index (χ3n) is 4.53. The van der Waals surface area contributed by atoms with Crippen molar-refractivity contribution in [3.8, 4) is 0 Å². The number of likely N-dealkylation sites (tertiary alicyclic amines) is 1. The first kappa shape index (κ1) is 18.9. The first-order chi connectivity index (χ1) is 11.5. The molecule has 0 bridgehead atoms. The second-order valence-electron chi connectivity index (χ2n) is 6.12. The summed E-state index contributed by atoms with van der Waals surface area (Å²) >= 11 is 0. The Balaban J connectivity index is 0.00000225. The van der Waals surface area contributed by atoms with E-state index in [1.807, 2.05) is 30.3 Å². The number of nitro groups is 1. The number of carbonyl (C=O) groups excluding carboxylic acids is 1. The molecule has 1 heterocycles. The van der Waals surface area contributed by atoms with Gasteiger partial charge in [0.25, 0.3) is 11.6 Å². The zero-order valence-electron chi connectivity index (χ0n) is 13.8. The number of hydrogen-bond donors (Lipinski definition) is 1. The maximum absolute atomic E-state index is 12.8. The van der Waals surface area contributed by atoms with Gasteiger partial charge in [0.15, 0.2) is 0 Å². The van der Waals surface area contributed by atoms with Crippen LogP contribution in [0.5, 0.6) is 0 Å². The quantitative estimate of drug-likeness (QED) is 0.672. The Labute approximate surface area is 152 Å². The first-order valence-electron chi connectivity index (χ1n) is 7.83. The van der Waals surface area contributed by atoms with E-state index in [9.17, 15) is 14.9 Å². The van der Waals surface area contributed by atoms with Crippen molar-refractivity contribution < 1.29 is 9.72 Å². The highest BCUT2D eigenvalue weighted by molar-refractivity contribution is 5.99. The molecular weight excluding hydrogens is 342 g/mol. The van der Waals surface area contributed by atoms with Gasteiger partial charge < -0.3 is 10.6 Å². The van der Waals surface area contributed by atoms with Crippen molar-refractivity contribution in [3.63, 3.8) is 0 Å². The van der Waals surface area contributed by atoms with Crippen LogP contribution in [0.4, 0.5) is 5.69 Å². The predicted octanol–water partition coefficient (Wildman–Crippen LogP) is 2.89. The van der Waals surface area contributed by atoms with Crippen molar-refractivity contribution in [3.05, 3.63) is 75.3 Å². The lowest BCUT2D eigenvalue weighted by molar-refractivity contribution is -0.385. The van der Waals surface area contributed by atoms with Crippen molar-refractivity contribution in [2.24, 2.45) is 5.73 Å². The fourth-order valence-corrected chi connectivity index (χ4v) is 3.29. The van der Waals surface area contributed by atoms with E-state index in [2.05, 4.69) is 0 Å². The number of halogens is 1. The summed E-state index contributed by atoms with van der Waals surface area (Å²) in [7, 11) is 0. The smallest absolute Gasteiger partial charge is 0.285 e. The zero-order valence-corrected chi connectivity index (χ0v) is 14.6. The molecule has 2 N–H and O–H groups in total. The minimum atomic E-state index is -0.493. The van der Waals surface area contributed by atoms with Crippen LogP contribution in [0.15, 0.2) is 48.5 Å². The van der Waals surface area contributed by atoms with E-state index in [-0.39, 0.29) is 41.5 Å². The van der Waals surface area contributed by atoms with Crippen molar-refractivity contribution in [2.75, 3.05) is 13.1 Å². The van der Waals surface area contributed by atoms with Gasteiger partial charge in [-0.25, -0.2) is 0 Å². The normalized spacial score (nSPS) is 19.4. The number of aryl methyl sites for hydroxylation is 1. The van der Waals surface area contributed by atoms with Gasteiger partial charge in [0, 0.05) is 30.6 Å². The molecule has 7 heteroatoms. The molecule has 1 saturated heterocycles. The standard InChI is InChI=1S/C18H19N3O3.ClH/c1-12-6-5-9-14(17(12)21(23)24)18(22)20-10-15(16(19)11-20)13-7-3-2-4-8-13;/h2-9,15-16H,10-11,19H2,1H3;1H/t15-,16+;/m0./s1. The molecule has 0 saturated carbocycles. The summed E-state index contributed by atoms with van der Waals surface area (Å²) in [6.45, 7) is 2.50. The number of carbonyl (C=O) groups is 1. The molecule has 1 amide bonds. The van der Waals surface area contributed by atoms with E-state index in [0.29, 0.717) is 18.7 Å². The average Bonchev–Trinajstić information content (AvgIpc) is 2.96. The fraction of sp³-hybridized carbons (Fsp3) is 0.278. The molecule has 0 aliphatic carbocycles. The molecule has 2 atom stereocenters. The summed E-state index contributed by atoms with van der Waals surface area (Å²) in [5.41, 5.74) is 7.78. The maximum Gasteiger partial charge on any atom is 0.285 e. The van der Waals surface area contributed by atoms with Gasteiger partial charge >= 0.3 is 0 Å². The van der Waals surface area contributed by atoms with Crippen LogP contribution in [0.25, 0.3) is 0 Å². The Morgan fingerprint density at radius 3 is 2.48 bits per heavy atom. The minimum Gasteiger partial charge on any atom is -0.336 e. The molecule has 0 aromatic heterocycles. The number of para-hydroxylation sites is 1. The molecule has 2 aromatic carbocycles. The van der Waals surface area contributed by atoms with Crippen LogP contribution in [0.2, 0.25) is 0 Å². The fourth-order valence-electron chi connectivity index (χ4n) is 3.29. The highest BCUT2D eigenvalue weighted by Gasteiger charge is 2.36. The van der Waals surface area contributed by atoms with Crippen LogP contribution < -0.4 is 5.73 Å². The van der Waals surface area contributed by atoms with Gasteiger partial charge in [-0.3, -0.25) is 14.9 Å². The lowest BCUT2D eigenvalue weighted by Gasteiger charge is -2.17. The molecule has 132 valence electrons. The maximum atomic E-state index is 12.8. The Bertz CT molecular complexity index is 782. The van der Waals surface area contributed by atoms with Gasteiger partial charge in [0.2, 0.25) is 0 Å². The molecule has 1 fully saturated rings. The summed E-state index contributed by atoms with van der Waals surface area (Å²) in [5, 5.41) is 11.3. The van der Waals surface area contributed by atoms with Crippen molar-refractivity contribution in [2.45, 2.75) is 18.9 Å². The Morgan fingerprint density at radius 1 is 1.16 bits per heavy atom. The van der Waals surface area contributed by atoms with Gasteiger partial charge in [-0.2, -0.15) is 0 Å². The number of nitrogens with two attached hydrogens (primary N) is 1. The number of hydrogen-bond acceptors (Lipinski definition) is 4. The number of amides is 1. The predicted molar refractivity (Wildman–Crippen MR) is 98.1 cm³/mol. The number of nitrogens with zero attached hydrogens (tertiary/aromatic N) is 2. The summed E-state index contributed by atoms with van der Waals surface area (Å²) in [4.78, 5) is 25.3. The molecule has 0 spiro atoms. The summed E-state index contributed by atoms with van der Waals surface area (Å²) in [5.74, 6) is -0.293. The van der Waals surface area contributed by atoms with Gasteiger partial charge in [-0.1, -0.05) is 42.5 Å². The second kappa shape index (κ2) is 7.63. The highest BCUT2D eigenvalue weighted by Crippen LogP contribution is 2.30. The molecule has 3 rings (SSSR count). The van der Waals surface area contributed by atoms with E-state index in [4.69, 9.17) is 5.73 Å². The molecule has 1 aliphatic heterocycles. The van der Waals surface area contributed by atoms with Crippen molar-refractivity contribution in [1.82, 2.24) is 4.90 Å². The summed E-state index contributed by atoms with van der Waals surface area (Å²) in [6.07, 6.45) is 0. The summed E-state index contributed by atoms with van der Waals surface area (Å²) < 4.78 is 0. The Hall–Kier alpha value is -2.44. The van der Waals surface area contributed by atoms with Gasteiger partial charge in [-0.05, 0) is 18.6 Å². The molecule has 1 aliphatic rings. The van der Waals surface area contributed by atoms with Gasteiger partial charge in [-0.15, -0.1) is 12.4 Å².